The summed E-state index contributed by atoms with van der Waals surface area (Å²) in [4.78, 5) is 0. The monoisotopic (exact) mass is 241 g/mol. The minimum atomic E-state index is -4.36. The number of hydrogen-bond donors (Lipinski definition) is 2. The topological polar surface area (TPSA) is 54.7 Å². The minimum Gasteiger partial charge on any atom is -0.382 e. The second-order valence-corrected chi connectivity index (χ2v) is 3.69. The van der Waals surface area contributed by atoms with Crippen LogP contribution in [0.2, 0.25) is 0 Å². The number of nitrogen functional groups attached to an aromatic ring is 1. The highest BCUT2D eigenvalue weighted by atomic mass is 19.4. The average Bonchev–Trinajstić information content (AvgIpc) is 2.57. The molecule has 0 aliphatic heterocycles. The van der Waals surface area contributed by atoms with E-state index in [1.807, 2.05) is 0 Å². The molecule has 0 saturated heterocycles. The maximum Gasteiger partial charge on any atom is 0.416 e. The highest BCUT2D eigenvalue weighted by Gasteiger charge is 2.30. The molecular weight excluding hydrogens is 231 g/mol. The molecule has 2 aromatic rings. The van der Waals surface area contributed by atoms with E-state index in [9.17, 15) is 13.2 Å². The Kier molecular flexibility index (Phi) is 2.57. The van der Waals surface area contributed by atoms with Crippen LogP contribution in [-0.2, 0) is 6.18 Å². The molecule has 2 rings (SSSR count). The fourth-order valence-corrected chi connectivity index (χ4v) is 1.66. The zero-order chi connectivity index (χ0) is 12.6. The van der Waals surface area contributed by atoms with E-state index in [2.05, 4.69) is 10.2 Å². The Morgan fingerprint density at radius 3 is 2.53 bits per heavy atom. The molecule has 1 heterocycles. The number of aromatic nitrogens is 2. The first-order chi connectivity index (χ1) is 7.89. The maximum atomic E-state index is 12.6. The van der Waals surface area contributed by atoms with Crippen molar-refractivity contribution >= 4 is 5.82 Å². The summed E-state index contributed by atoms with van der Waals surface area (Å²) in [5, 5.41) is 6.39. The Morgan fingerprint density at radius 1 is 1.29 bits per heavy atom. The van der Waals surface area contributed by atoms with Crippen LogP contribution < -0.4 is 5.73 Å². The van der Waals surface area contributed by atoms with E-state index in [0.29, 0.717) is 16.8 Å². The molecule has 1 aromatic heterocycles. The summed E-state index contributed by atoms with van der Waals surface area (Å²) in [5.74, 6) is 0.196. The van der Waals surface area contributed by atoms with Gasteiger partial charge < -0.3 is 5.73 Å². The van der Waals surface area contributed by atoms with Crippen molar-refractivity contribution in [3.05, 3.63) is 35.5 Å². The van der Waals surface area contributed by atoms with Crippen LogP contribution in [0.15, 0.2) is 24.3 Å². The summed E-state index contributed by atoms with van der Waals surface area (Å²) >= 11 is 0. The molecule has 90 valence electrons. The van der Waals surface area contributed by atoms with Crippen molar-refractivity contribution in [3.63, 3.8) is 0 Å². The standard InChI is InChI=1S/C11H10F3N3/c1-6-9(10(15)17-16-6)7-3-2-4-8(5-7)11(12,13)14/h2-5H,1H3,(H3,15,16,17). The van der Waals surface area contributed by atoms with Crippen LogP contribution in [0.5, 0.6) is 0 Å². The number of hydrogen-bond acceptors (Lipinski definition) is 2. The van der Waals surface area contributed by atoms with Crippen molar-refractivity contribution in [2.45, 2.75) is 13.1 Å². The highest BCUT2D eigenvalue weighted by molar-refractivity contribution is 5.76. The predicted octanol–water partition coefficient (Wildman–Crippen LogP) is 2.99. The number of nitrogens with two attached hydrogens (primary N) is 1. The van der Waals surface area contributed by atoms with E-state index in [4.69, 9.17) is 5.73 Å². The van der Waals surface area contributed by atoms with Crippen LogP contribution in [0.4, 0.5) is 19.0 Å². The van der Waals surface area contributed by atoms with Gasteiger partial charge in [0.25, 0.3) is 0 Å². The van der Waals surface area contributed by atoms with Crippen molar-refractivity contribution < 1.29 is 13.2 Å². The van der Waals surface area contributed by atoms with Crippen LogP contribution in [0.3, 0.4) is 0 Å². The van der Waals surface area contributed by atoms with Crippen LogP contribution >= 0.6 is 0 Å². The first kappa shape index (κ1) is 11.5. The molecule has 0 fully saturated rings. The Hall–Kier alpha value is -1.98. The number of H-pyrrole nitrogens is 1. The van der Waals surface area contributed by atoms with E-state index in [0.717, 1.165) is 12.1 Å². The van der Waals surface area contributed by atoms with Gasteiger partial charge in [-0.1, -0.05) is 12.1 Å². The summed E-state index contributed by atoms with van der Waals surface area (Å²) in [6.07, 6.45) is -4.36. The van der Waals surface area contributed by atoms with Gasteiger partial charge >= 0.3 is 6.18 Å². The Balaban J connectivity index is 2.55. The number of halogens is 3. The summed E-state index contributed by atoms with van der Waals surface area (Å²) in [5.41, 5.74) is 6.47. The third-order valence-corrected chi connectivity index (χ3v) is 2.45. The van der Waals surface area contributed by atoms with Gasteiger partial charge in [0.15, 0.2) is 5.82 Å². The summed E-state index contributed by atoms with van der Waals surface area (Å²) in [7, 11) is 0. The fraction of sp³-hybridized carbons (Fsp3) is 0.182. The number of rotatable bonds is 1. The number of nitrogens with one attached hydrogen (secondary N) is 1. The summed E-state index contributed by atoms with van der Waals surface area (Å²) in [6.45, 7) is 1.71. The quantitative estimate of drug-likeness (QED) is 0.806. The predicted molar refractivity (Wildman–Crippen MR) is 58.2 cm³/mol. The van der Waals surface area contributed by atoms with Crippen molar-refractivity contribution in [3.8, 4) is 11.1 Å². The number of benzene rings is 1. The van der Waals surface area contributed by atoms with E-state index in [-0.39, 0.29) is 5.82 Å². The number of nitrogens with zero attached hydrogens (tertiary/aromatic N) is 1. The number of anilines is 1. The molecule has 0 aliphatic carbocycles. The van der Waals surface area contributed by atoms with E-state index in [1.54, 1.807) is 13.0 Å². The van der Waals surface area contributed by atoms with Gasteiger partial charge in [0, 0.05) is 11.3 Å². The third-order valence-electron chi connectivity index (χ3n) is 2.45. The van der Waals surface area contributed by atoms with Gasteiger partial charge in [0.1, 0.15) is 0 Å². The number of aryl methyl sites for hydroxylation is 1. The maximum absolute atomic E-state index is 12.6. The minimum absolute atomic E-state index is 0.196. The normalized spacial score (nSPS) is 11.8. The molecule has 0 bridgehead atoms. The van der Waals surface area contributed by atoms with E-state index in [1.165, 1.54) is 6.07 Å². The van der Waals surface area contributed by atoms with Crippen molar-refractivity contribution in [1.29, 1.82) is 0 Å². The van der Waals surface area contributed by atoms with Gasteiger partial charge in [-0.3, -0.25) is 5.10 Å². The van der Waals surface area contributed by atoms with Crippen LogP contribution in [0.1, 0.15) is 11.3 Å². The van der Waals surface area contributed by atoms with E-state index >= 15 is 0 Å². The molecule has 0 atom stereocenters. The molecule has 0 unspecified atom stereocenters. The molecule has 17 heavy (non-hydrogen) atoms. The highest BCUT2D eigenvalue weighted by Crippen LogP contribution is 2.34. The smallest absolute Gasteiger partial charge is 0.382 e. The zero-order valence-electron chi connectivity index (χ0n) is 8.97. The van der Waals surface area contributed by atoms with E-state index < -0.39 is 11.7 Å². The molecule has 6 heteroatoms. The first-order valence-electron chi connectivity index (χ1n) is 4.87. The van der Waals surface area contributed by atoms with Gasteiger partial charge in [-0.05, 0) is 24.6 Å². The van der Waals surface area contributed by atoms with Crippen LogP contribution in [-0.4, -0.2) is 10.2 Å². The van der Waals surface area contributed by atoms with Crippen molar-refractivity contribution in [2.75, 3.05) is 5.73 Å². The van der Waals surface area contributed by atoms with Gasteiger partial charge in [-0.2, -0.15) is 18.3 Å². The SMILES string of the molecule is Cc1[nH]nc(N)c1-c1cccc(C(F)(F)F)c1. The fourth-order valence-electron chi connectivity index (χ4n) is 1.66. The summed E-state index contributed by atoms with van der Waals surface area (Å²) in [6, 6.07) is 5.01. The lowest BCUT2D eigenvalue weighted by atomic mass is 10.0. The molecule has 3 N–H and O–H groups in total. The number of alkyl halides is 3. The molecule has 0 amide bonds. The second kappa shape index (κ2) is 3.80. The third kappa shape index (κ3) is 2.11. The molecule has 0 aliphatic rings. The molecular formula is C11H10F3N3. The van der Waals surface area contributed by atoms with Crippen molar-refractivity contribution in [2.24, 2.45) is 0 Å². The molecule has 0 radical (unpaired) electrons. The molecule has 1 aromatic carbocycles. The Morgan fingerprint density at radius 2 is 2.00 bits per heavy atom. The zero-order valence-corrected chi connectivity index (χ0v) is 8.97. The largest absolute Gasteiger partial charge is 0.416 e. The molecule has 0 spiro atoms. The van der Waals surface area contributed by atoms with Crippen LogP contribution in [0, 0.1) is 6.92 Å². The number of aromatic amines is 1. The molecule has 0 saturated carbocycles. The lowest BCUT2D eigenvalue weighted by Gasteiger charge is -2.08. The first-order valence-corrected chi connectivity index (χ1v) is 4.87. The second-order valence-electron chi connectivity index (χ2n) is 3.69. The Labute approximate surface area is 95.5 Å². The van der Waals surface area contributed by atoms with Crippen molar-refractivity contribution in [1.82, 2.24) is 10.2 Å². The lowest BCUT2D eigenvalue weighted by Crippen LogP contribution is -2.04. The molecule has 3 nitrogen and oxygen atoms in total. The van der Waals surface area contributed by atoms with Gasteiger partial charge in [-0.15, -0.1) is 0 Å². The van der Waals surface area contributed by atoms with Gasteiger partial charge in [0.05, 0.1) is 5.56 Å². The van der Waals surface area contributed by atoms with Gasteiger partial charge in [0.2, 0.25) is 0 Å². The summed E-state index contributed by atoms with van der Waals surface area (Å²) < 4.78 is 37.7. The lowest BCUT2D eigenvalue weighted by molar-refractivity contribution is -0.137. The van der Waals surface area contributed by atoms with Gasteiger partial charge in [-0.25, -0.2) is 0 Å². The average molecular weight is 241 g/mol. The Bertz CT molecular complexity index is 524. The van der Waals surface area contributed by atoms with Crippen LogP contribution in [0.25, 0.3) is 11.1 Å².